The molecule has 1 saturated carbocycles. The van der Waals surface area contributed by atoms with Crippen LogP contribution in [0.5, 0.6) is 0 Å². The van der Waals surface area contributed by atoms with E-state index in [-0.39, 0.29) is 16.9 Å². The van der Waals surface area contributed by atoms with Gasteiger partial charge in [0.15, 0.2) is 0 Å². The van der Waals surface area contributed by atoms with E-state index in [1.807, 2.05) is 0 Å². The summed E-state index contributed by atoms with van der Waals surface area (Å²) in [5, 5.41) is 0. The lowest BCUT2D eigenvalue weighted by Gasteiger charge is -2.28. The number of rotatable bonds is 0. The molecule has 11 heavy (non-hydrogen) atoms. The maximum atomic E-state index is 11.1. The molecule has 0 bridgehead atoms. The van der Waals surface area contributed by atoms with Crippen LogP contribution in [0.4, 0.5) is 0 Å². The minimum absolute atomic E-state index is 0.0400. The van der Waals surface area contributed by atoms with E-state index in [9.17, 15) is 4.79 Å². The van der Waals surface area contributed by atoms with Crippen LogP contribution in [-0.4, -0.2) is 16.9 Å². The molecular weight excluding hydrogens is 208 g/mol. The van der Waals surface area contributed by atoms with Gasteiger partial charge in [0, 0.05) is 0 Å². The number of halogens is 1. The highest BCUT2D eigenvalue weighted by atomic mass is 79.9. The lowest BCUT2D eigenvalue weighted by atomic mass is 9.97. The maximum Gasteiger partial charge on any atom is 0.320 e. The Hall–Kier alpha value is -0.0500. The van der Waals surface area contributed by atoms with Crippen LogP contribution < -0.4 is 0 Å². The molecule has 0 aromatic heterocycles. The molecule has 0 radical (unpaired) electrons. The molecule has 1 saturated heterocycles. The Morgan fingerprint density at radius 3 is 3.09 bits per heavy atom. The summed E-state index contributed by atoms with van der Waals surface area (Å²) in [5.41, 5.74) is 0. The molecule has 3 heteroatoms. The molecule has 3 atom stereocenters. The standard InChI is InChI=1S/C8H11BrO2/c9-6-4-5-2-1-3-7(5)11-8(6)10/h5-7H,1-4H2/t5-,6-,7-/m1/s1. The molecule has 0 spiro atoms. The fourth-order valence-corrected chi connectivity index (χ4v) is 2.60. The minimum atomic E-state index is -0.0619. The van der Waals surface area contributed by atoms with Crippen molar-refractivity contribution in [2.75, 3.05) is 0 Å². The molecule has 2 nitrogen and oxygen atoms in total. The SMILES string of the molecule is O=C1O[C@@H]2CCC[C@@H]2C[C@H]1Br. The molecule has 1 aliphatic heterocycles. The van der Waals surface area contributed by atoms with E-state index in [1.54, 1.807) is 0 Å². The number of hydrogen-bond acceptors (Lipinski definition) is 2. The van der Waals surface area contributed by atoms with Crippen LogP contribution in [0.2, 0.25) is 0 Å². The van der Waals surface area contributed by atoms with Gasteiger partial charge in [0.2, 0.25) is 0 Å². The third-order valence-electron chi connectivity index (χ3n) is 2.62. The summed E-state index contributed by atoms with van der Waals surface area (Å²) in [6.07, 6.45) is 4.76. The molecule has 1 aliphatic carbocycles. The summed E-state index contributed by atoms with van der Waals surface area (Å²) in [4.78, 5) is 11.0. The lowest BCUT2D eigenvalue weighted by molar-refractivity contribution is -0.155. The zero-order chi connectivity index (χ0) is 7.84. The zero-order valence-electron chi connectivity index (χ0n) is 6.25. The second-order valence-electron chi connectivity index (χ2n) is 3.37. The molecule has 2 aliphatic rings. The van der Waals surface area contributed by atoms with Crippen LogP contribution >= 0.6 is 15.9 Å². The van der Waals surface area contributed by atoms with Gasteiger partial charge >= 0.3 is 5.97 Å². The minimum Gasteiger partial charge on any atom is -0.461 e. The summed E-state index contributed by atoms with van der Waals surface area (Å²) in [6.45, 7) is 0. The first-order valence-corrected chi connectivity index (χ1v) is 5.03. The van der Waals surface area contributed by atoms with Crippen molar-refractivity contribution in [3.8, 4) is 0 Å². The predicted molar refractivity (Wildman–Crippen MR) is 44.6 cm³/mol. The number of hydrogen-bond donors (Lipinski definition) is 0. The number of carbonyl (C=O) groups is 1. The molecule has 0 aromatic carbocycles. The van der Waals surface area contributed by atoms with Gasteiger partial charge in [-0.05, 0) is 31.6 Å². The van der Waals surface area contributed by atoms with Gasteiger partial charge in [-0.3, -0.25) is 4.79 Å². The second kappa shape index (κ2) is 2.77. The molecule has 0 amide bonds. The Labute approximate surface area is 74.4 Å². The summed E-state index contributed by atoms with van der Waals surface area (Å²) < 4.78 is 5.24. The van der Waals surface area contributed by atoms with Crippen molar-refractivity contribution in [2.24, 2.45) is 5.92 Å². The predicted octanol–water partition coefficient (Wildman–Crippen LogP) is 1.87. The van der Waals surface area contributed by atoms with E-state index < -0.39 is 0 Å². The number of esters is 1. The van der Waals surface area contributed by atoms with E-state index in [0.29, 0.717) is 5.92 Å². The van der Waals surface area contributed by atoms with E-state index in [4.69, 9.17) is 4.74 Å². The Morgan fingerprint density at radius 1 is 1.45 bits per heavy atom. The van der Waals surface area contributed by atoms with Gasteiger partial charge < -0.3 is 4.74 Å². The summed E-state index contributed by atoms with van der Waals surface area (Å²) in [6, 6.07) is 0. The van der Waals surface area contributed by atoms with Crippen LogP contribution in [0.1, 0.15) is 25.7 Å². The monoisotopic (exact) mass is 218 g/mol. The average Bonchev–Trinajstić information content (AvgIpc) is 2.36. The lowest BCUT2D eigenvalue weighted by Crippen LogP contribution is -2.35. The highest BCUT2D eigenvalue weighted by Crippen LogP contribution is 2.37. The molecule has 2 fully saturated rings. The fourth-order valence-electron chi connectivity index (χ4n) is 2.01. The topological polar surface area (TPSA) is 26.3 Å². The van der Waals surface area contributed by atoms with Crippen molar-refractivity contribution in [1.82, 2.24) is 0 Å². The molecule has 0 aromatic rings. The van der Waals surface area contributed by atoms with E-state index in [1.165, 1.54) is 12.8 Å². The summed E-state index contributed by atoms with van der Waals surface area (Å²) >= 11 is 3.32. The average molecular weight is 219 g/mol. The Bertz CT molecular complexity index is 181. The van der Waals surface area contributed by atoms with Crippen molar-refractivity contribution in [2.45, 2.75) is 36.6 Å². The number of carbonyl (C=O) groups excluding carboxylic acids is 1. The van der Waals surface area contributed by atoms with Crippen molar-refractivity contribution in [3.05, 3.63) is 0 Å². The van der Waals surface area contributed by atoms with E-state index in [2.05, 4.69) is 15.9 Å². The molecule has 1 heterocycles. The smallest absolute Gasteiger partial charge is 0.320 e. The van der Waals surface area contributed by atoms with Gasteiger partial charge in [-0.25, -0.2) is 0 Å². The van der Waals surface area contributed by atoms with Gasteiger partial charge in [-0.2, -0.15) is 0 Å². The van der Waals surface area contributed by atoms with E-state index in [0.717, 1.165) is 12.8 Å². The van der Waals surface area contributed by atoms with Crippen LogP contribution in [0, 0.1) is 5.92 Å². The highest BCUT2D eigenvalue weighted by Gasteiger charge is 2.38. The van der Waals surface area contributed by atoms with Crippen molar-refractivity contribution in [1.29, 1.82) is 0 Å². The molecule has 62 valence electrons. The molecule has 0 N–H and O–H groups in total. The first kappa shape index (κ1) is 7.59. The zero-order valence-corrected chi connectivity index (χ0v) is 7.84. The van der Waals surface area contributed by atoms with Crippen molar-refractivity contribution in [3.63, 3.8) is 0 Å². The number of fused-ring (bicyclic) bond motifs is 1. The Kier molecular flexibility index (Phi) is 1.91. The maximum absolute atomic E-state index is 11.1. The third kappa shape index (κ3) is 1.31. The van der Waals surface area contributed by atoms with Crippen LogP contribution in [0.25, 0.3) is 0 Å². The number of ether oxygens (including phenoxy) is 1. The first-order valence-electron chi connectivity index (χ1n) is 4.12. The fraction of sp³-hybridized carbons (Fsp3) is 0.875. The van der Waals surface area contributed by atoms with Gasteiger partial charge in [-0.15, -0.1) is 0 Å². The largest absolute Gasteiger partial charge is 0.461 e. The summed E-state index contributed by atoms with van der Waals surface area (Å²) in [7, 11) is 0. The molecular formula is C8H11BrO2. The second-order valence-corrected chi connectivity index (χ2v) is 4.47. The van der Waals surface area contributed by atoms with Gasteiger partial charge in [0.25, 0.3) is 0 Å². The van der Waals surface area contributed by atoms with Gasteiger partial charge in [0.05, 0.1) is 0 Å². The van der Waals surface area contributed by atoms with Gasteiger partial charge in [-0.1, -0.05) is 15.9 Å². The molecule has 0 unspecified atom stereocenters. The van der Waals surface area contributed by atoms with Crippen molar-refractivity contribution >= 4 is 21.9 Å². The van der Waals surface area contributed by atoms with E-state index >= 15 is 0 Å². The van der Waals surface area contributed by atoms with Crippen LogP contribution in [-0.2, 0) is 9.53 Å². The van der Waals surface area contributed by atoms with Crippen LogP contribution in [0.15, 0.2) is 0 Å². The summed E-state index contributed by atoms with van der Waals surface area (Å²) in [5.74, 6) is 0.574. The van der Waals surface area contributed by atoms with Crippen LogP contribution in [0.3, 0.4) is 0 Å². The van der Waals surface area contributed by atoms with Crippen molar-refractivity contribution < 1.29 is 9.53 Å². The van der Waals surface area contributed by atoms with Gasteiger partial charge in [0.1, 0.15) is 10.9 Å². The third-order valence-corrected chi connectivity index (χ3v) is 3.37. The Balaban J connectivity index is 2.06. The Morgan fingerprint density at radius 2 is 2.27 bits per heavy atom. The molecule has 2 rings (SSSR count). The quantitative estimate of drug-likeness (QED) is 0.459. The first-order chi connectivity index (χ1) is 5.27. The highest BCUT2D eigenvalue weighted by molar-refractivity contribution is 9.10. The normalized spacial score (nSPS) is 43.4. The number of alkyl halides is 1.